The summed E-state index contributed by atoms with van der Waals surface area (Å²) in [6.45, 7) is 5.83. The second-order valence-corrected chi connectivity index (χ2v) is 7.70. The molecule has 1 N–H and O–H groups in total. The van der Waals surface area contributed by atoms with Gasteiger partial charge in [0.25, 0.3) is 0 Å². The summed E-state index contributed by atoms with van der Waals surface area (Å²) in [5.41, 5.74) is 1.86. The van der Waals surface area contributed by atoms with E-state index in [0.29, 0.717) is 18.1 Å². The van der Waals surface area contributed by atoms with Crippen molar-refractivity contribution in [1.82, 2.24) is 4.90 Å². The molecule has 144 valence electrons. The molecule has 0 spiro atoms. The van der Waals surface area contributed by atoms with Crippen LogP contribution in [0.2, 0.25) is 5.02 Å². The third kappa shape index (κ3) is 6.56. The zero-order valence-electron chi connectivity index (χ0n) is 15.8. The van der Waals surface area contributed by atoms with Crippen molar-refractivity contribution in [2.75, 3.05) is 25.0 Å². The molecular weight excluding hydrogens is 360 g/mol. The van der Waals surface area contributed by atoms with Crippen LogP contribution in [0.25, 0.3) is 0 Å². The molecule has 1 aliphatic rings. The van der Waals surface area contributed by atoms with Gasteiger partial charge in [0.05, 0.1) is 0 Å². The van der Waals surface area contributed by atoms with Gasteiger partial charge < -0.3 is 15.0 Å². The standard InChI is InChI=1S/C22H27ClN2O2/c1-17-10-13-25(14-11-17)15-12-22(26)24-20-6-8-21(9-7-20)27-16-18-2-4-19(23)5-3-18/h2-9,17H,10-16H2,1H3,(H,24,26). The van der Waals surface area contributed by atoms with Crippen LogP contribution in [0, 0.1) is 5.92 Å². The first-order valence-electron chi connectivity index (χ1n) is 9.58. The Labute approximate surface area is 166 Å². The fourth-order valence-electron chi connectivity index (χ4n) is 3.15. The van der Waals surface area contributed by atoms with Gasteiger partial charge >= 0.3 is 0 Å². The average Bonchev–Trinajstić information content (AvgIpc) is 2.68. The highest BCUT2D eigenvalue weighted by Gasteiger charge is 2.16. The predicted molar refractivity (Wildman–Crippen MR) is 110 cm³/mol. The first-order valence-corrected chi connectivity index (χ1v) is 9.96. The predicted octanol–water partition coefficient (Wildman–Crippen LogP) is 4.98. The SMILES string of the molecule is CC1CCN(CCC(=O)Nc2ccc(OCc3ccc(Cl)cc3)cc2)CC1. The normalized spacial score (nSPS) is 15.5. The van der Waals surface area contributed by atoms with Gasteiger partial charge in [0.2, 0.25) is 5.91 Å². The van der Waals surface area contributed by atoms with Gasteiger partial charge in [-0.2, -0.15) is 0 Å². The molecule has 1 fully saturated rings. The fraction of sp³-hybridized carbons (Fsp3) is 0.409. The molecule has 1 amide bonds. The van der Waals surface area contributed by atoms with Crippen LogP contribution in [0.4, 0.5) is 5.69 Å². The van der Waals surface area contributed by atoms with Crippen LogP contribution < -0.4 is 10.1 Å². The molecule has 1 aliphatic heterocycles. The monoisotopic (exact) mass is 386 g/mol. The number of hydrogen-bond acceptors (Lipinski definition) is 3. The van der Waals surface area contributed by atoms with E-state index in [1.54, 1.807) is 0 Å². The lowest BCUT2D eigenvalue weighted by Gasteiger charge is -2.29. The summed E-state index contributed by atoms with van der Waals surface area (Å²) >= 11 is 5.88. The molecule has 0 unspecified atom stereocenters. The minimum Gasteiger partial charge on any atom is -0.489 e. The maximum atomic E-state index is 12.2. The van der Waals surface area contributed by atoms with Crippen LogP contribution in [0.15, 0.2) is 48.5 Å². The second kappa shape index (κ2) is 9.77. The Morgan fingerprint density at radius 1 is 1.11 bits per heavy atom. The van der Waals surface area contributed by atoms with E-state index in [9.17, 15) is 4.79 Å². The third-order valence-electron chi connectivity index (χ3n) is 4.99. The van der Waals surface area contributed by atoms with Crippen molar-refractivity contribution in [2.24, 2.45) is 5.92 Å². The number of carbonyl (C=O) groups excluding carboxylic acids is 1. The van der Waals surface area contributed by atoms with Gasteiger partial charge in [-0.25, -0.2) is 0 Å². The largest absolute Gasteiger partial charge is 0.489 e. The number of nitrogens with one attached hydrogen (secondary N) is 1. The molecule has 0 atom stereocenters. The van der Waals surface area contributed by atoms with Gasteiger partial charge in [0.15, 0.2) is 0 Å². The summed E-state index contributed by atoms with van der Waals surface area (Å²) < 4.78 is 5.76. The van der Waals surface area contributed by atoms with Crippen LogP contribution in [-0.4, -0.2) is 30.4 Å². The van der Waals surface area contributed by atoms with Crippen LogP contribution in [0.1, 0.15) is 31.7 Å². The molecule has 1 heterocycles. The van der Waals surface area contributed by atoms with Crippen molar-refractivity contribution in [2.45, 2.75) is 32.8 Å². The molecular formula is C22H27ClN2O2. The van der Waals surface area contributed by atoms with E-state index in [-0.39, 0.29) is 5.91 Å². The average molecular weight is 387 g/mol. The highest BCUT2D eigenvalue weighted by Crippen LogP contribution is 2.19. The van der Waals surface area contributed by atoms with E-state index in [0.717, 1.165) is 42.6 Å². The number of amides is 1. The van der Waals surface area contributed by atoms with Gasteiger partial charge in [0.1, 0.15) is 12.4 Å². The molecule has 3 rings (SSSR count). The van der Waals surface area contributed by atoms with Crippen LogP contribution >= 0.6 is 11.6 Å². The first-order chi connectivity index (χ1) is 13.1. The van der Waals surface area contributed by atoms with Gasteiger partial charge in [-0.1, -0.05) is 30.7 Å². The van der Waals surface area contributed by atoms with Crippen molar-refractivity contribution in [3.8, 4) is 5.75 Å². The number of carbonyl (C=O) groups is 1. The Morgan fingerprint density at radius 2 is 1.78 bits per heavy atom. The lowest BCUT2D eigenvalue weighted by atomic mass is 9.99. The maximum Gasteiger partial charge on any atom is 0.225 e. The van der Waals surface area contributed by atoms with Crippen molar-refractivity contribution < 1.29 is 9.53 Å². The van der Waals surface area contributed by atoms with Gasteiger partial charge in [0, 0.05) is 23.7 Å². The Balaban J connectivity index is 1.40. The molecule has 0 aromatic heterocycles. The number of rotatable bonds is 7. The van der Waals surface area contributed by atoms with E-state index >= 15 is 0 Å². The van der Waals surface area contributed by atoms with Gasteiger partial charge in [-0.05, 0) is 73.8 Å². The molecule has 1 saturated heterocycles. The van der Waals surface area contributed by atoms with E-state index < -0.39 is 0 Å². The quantitative estimate of drug-likeness (QED) is 0.729. The number of likely N-dealkylation sites (tertiary alicyclic amines) is 1. The summed E-state index contributed by atoms with van der Waals surface area (Å²) in [6.07, 6.45) is 3.00. The summed E-state index contributed by atoms with van der Waals surface area (Å²) in [5.74, 6) is 1.64. The third-order valence-corrected chi connectivity index (χ3v) is 5.24. The molecule has 0 aliphatic carbocycles. The van der Waals surface area contributed by atoms with Crippen LogP contribution in [0.5, 0.6) is 5.75 Å². The van der Waals surface area contributed by atoms with E-state index in [1.165, 1.54) is 12.8 Å². The van der Waals surface area contributed by atoms with E-state index in [2.05, 4.69) is 17.1 Å². The number of hydrogen-bond donors (Lipinski definition) is 1. The zero-order valence-corrected chi connectivity index (χ0v) is 16.5. The lowest BCUT2D eigenvalue weighted by Crippen LogP contribution is -2.35. The van der Waals surface area contributed by atoms with Gasteiger partial charge in [-0.15, -0.1) is 0 Å². The fourth-order valence-corrected chi connectivity index (χ4v) is 3.28. The molecule has 0 radical (unpaired) electrons. The second-order valence-electron chi connectivity index (χ2n) is 7.26. The van der Waals surface area contributed by atoms with Crippen molar-refractivity contribution in [1.29, 1.82) is 0 Å². The van der Waals surface area contributed by atoms with Gasteiger partial charge in [-0.3, -0.25) is 4.79 Å². The Hall–Kier alpha value is -2.04. The number of ether oxygens (including phenoxy) is 1. The highest BCUT2D eigenvalue weighted by atomic mass is 35.5. The first kappa shape index (κ1) is 19.7. The van der Waals surface area contributed by atoms with E-state index in [4.69, 9.17) is 16.3 Å². The molecule has 2 aromatic carbocycles. The summed E-state index contributed by atoms with van der Waals surface area (Å²) in [7, 11) is 0. The number of halogens is 1. The smallest absolute Gasteiger partial charge is 0.225 e. The molecule has 27 heavy (non-hydrogen) atoms. The molecule has 4 nitrogen and oxygen atoms in total. The topological polar surface area (TPSA) is 41.6 Å². The van der Waals surface area contributed by atoms with Crippen molar-refractivity contribution in [3.63, 3.8) is 0 Å². The molecule has 5 heteroatoms. The number of benzene rings is 2. The number of nitrogens with zero attached hydrogens (tertiary/aromatic N) is 1. The van der Waals surface area contributed by atoms with Crippen LogP contribution in [0.3, 0.4) is 0 Å². The zero-order chi connectivity index (χ0) is 19.1. The summed E-state index contributed by atoms with van der Waals surface area (Å²) in [6, 6.07) is 15.1. The van der Waals surface area contributed by atoms with Crippen LogP contribution in [-0.2, 0) is 11.4 Å². The molecule has 0 bridgehead atoms. The maximum absolute atomic E-state index is 12.2. The Morgan fingerprint density at radius 3 is 2.44 bits per heavy atom. The minimum atomic E-state index is 0.0588. The molecule has 2 aromatic rings. The number of piperidine rings is 1. The van der Waals surface area contributed by atoms with Crippen molar-refractivity contribution in [3.05, 3.63) is 59.1 Å². The highest BCUT2D eigenvalue weighted by molar-refractivity contribution is 6.30. The summed E-state index contributed by atoms with van der Waals surface area (Å²) in [4.78, 5) is 14.5. The Kier molecular flexibility index (Phi) is 7.13. The number of anilines is 1. The summed E-state index contributed by atoms with van der Waals surface area (Å²) in [5, 5.41) is 3.68. The molecule has 0 saturated carbocycles. The lowest BCUT2D eigenvalue weighted by molar-refractivity contribution is -0.116. The minimum absolute atomic E-state index is 0.0588. The Bertz CT molecular complexity index is 723. The van der Waals surface area contributed by atoms with E-state index in [1.807, 2.05) is 48.5 Å². The van der Waals surface area contributed by atoms with Crippen molar-refractivity contribution >= 4 is 23.2 Å².